The Morgan fingerprint density at radius 2 is 1.92 bits per heavy atom. The Hall–Kier alpha value is -3.24. The van der Waals surface area contributed by atoms with E-state index in [1.54, 1.807) is 24.3 Å². The number of aromatic nitrogens is 1. The van der Waals surface area contributed by atoms with E-state index in [0.29, 0.717) is 23.4 Å². The molecule has 0 saturated carbocycles. The highest BCUT2D eigenvalue weighted by atomic mass is 16.5. The van der Waals surface area contributed by atoms with E-state index in [1.807, 2.05) is 6.07 Å². The average molecular weight is 350 g/mol. The summed E-state index contributed by atoms with van der Waals surface area (Å²) in [5.74, 6) is -0.669. The molecule has 1 fully saturated rings. The van der Waals surface area contributed by atoms with Crippen molar-refractivity contribution in [3.63, 3.8) is 0 Å². The van der Waals surface area contributed by atoms with Crippen molar-refractivity contribution in [3.05, 3.63) is 59.4 Å². The molecule has 2 heterocycles. The number of carbonyl (C=O) groups is 2. The molecule has 3 rings (SSSR count). The Morgan fingerprint density at radius 1 is 1.19 bits per heavy atom. The van der Waals surface area contributed by atoms with Crippen molar-refractivity contribution < 1.29 is 14.3 Å². The largest absolute Gasteiger partial charge is 0.376 e. The zero-order valence-electron chi connectivity index (χ0n) is 14.1. The summed E-state index contributed by atoms with van der Waals surface area (Å²) < 4.78 is 5.47. The zero-order valence-corrected chi connectivity index (χ0v) is 14.1. The molecule has 7 heteroatoms. The molecule has 1 unspecified atom stereocenters. The predicted molar refractivity (Wildman–Crippen MR) is 94.7 cm³/mol. The highest BCUT2D eigenvalue weighted by Crippen LogP contribution is 2.13. The second-order valence-electron chi connectivity index (χ2n) is 5.95. The Balaban J connectivity index is 1.62. The fourth-order valence-electron chi connectivity index (χ4n) is 2.63. The van der Waals surface area contributed by atoms with Crippen LogP contribution in [0.15, 0.2) is 42.7 Å². The molecule has 0 bridgehead atoms. The van der Waals surface area contributed by atoms with Gasteiger partial charge in [-0.25, -0.2) is 0 Å². The van der Waals surface area contributed by atoms with Gasteiger partial charge in [0.25, 0.3) is 11.8 Å². The van der Waals surface area contributed by atoms with Crippen molar-refractivity contribution in [2.75, 3.05) is 18.5 Å². The van der Waals surface area contributed by atoms with Gasteiger partial charge < -0.3 is 15.4 Å². The van der Waals surface area contributed by atoms with E-state index in [4.69, 9.17) is 10.00 Å². The van der Waals surface area contributed by atoms with Gasteiger partial charge in [0.15, 0.2) is 0 Å². The van der Waals surface area contributed by atoms with Crippen LogP contribution in [-0.4, -0.2) is 36.1 Å². The highest BCUT2D eigenvalue weighted by molar-refractivity contribution is 6.05. The number of benzene rings is 1. The van der Waals surface area contributed by atoms with E-state index in [2.05, 4.69) is 15.6 Å². The molecule has 1 aromatic carbocycles. The fourth-order valence-corrected chi connectivity index (χ4v) is 2.63. The van der Waals surface area contributed by atoms with E-state index in [0.717, 1.165) is 19.4 Å². The molecule has 1 atom stereocenters. The van der Waals surface area contributed by atoms with Crippen molar-refractivity contribution in [1.82, 2.24) is 10.3 Å². The summed E-state index contributed by atoms with van der Waals surface area (Å²) in [5, 5.41) is 14.3. The summed E-state index contributed by atoms with van der Waals surface area (Å²) in [5.41, 5.74) is 1.66. The molecule has 1 aliphatic heterocycles. The normalized spacial score (nSPS) is 15.9. The number of nitrogens with zero attached hydrogens (tertiary/aromatic N) is 2. The maximum atomic E-state index is 12.3. The molecule has 26 heavy (non-hydrogen) atoms. The Labute approximate surface area is 151 Å². The lowest BCUT2D eigenvalue weighted by Gasteiger charge is -2.11. The van der Waals surface area contributed by atoms with E-state index in [1.165, 1.54) is 18.5 Å². The maximum Gasteiger partial charge on any atom is 0.257 e. The van der Waals surface area contributed by atoms with Gasteiger partial charge in [-0.15, -0.1) is 0 Å². The number of ether oxygens (including phenoxy) is 1. The van der Waals surface area contributed by atoms with Crippen LogP contribution >= 0.6 is 0 Å². The van der Waals surface area contributed by atoms with Gasteiger partial charge in [0.1, 0.15) is 0 Å². The standard InChI is InChI=1S/C19H18N4O3/c20-9-13-3-5-16(6-4-13)23-19(25)15-8-14(10-21-11-15)18(24)22-12-17-2-1-7-26-17/h3-6,8,10-11,17H,1-2,7,12H2,(H,22,24)(H,23,25). The highest BCUT2D eigenvalue weighted by Gasteiger charge is 2.17. The minimum absolute atomic E-state index is 0.0507. The number of amides is 2. The minimum Gasteiger partial charge on any atom is -0.376 e. The molecule has 0 aliphatic carbocycles. The van der Waals surface area contributed by atoms with Crippen LogP contribution in [-0.2, 0) is 4.74 Å². The first-order chi connectivity index (χ1) is 12.7. The van der Waals surface area contributed by atoms with Crippen LogP contribution in [0.25, 0.3) is 0 Å². The topological polar surface area (TPSA) is 104 Å². The van der Waals surface area contributed by atoms with Crippen molar-refractivity contribution in [3.8, 4) is 6.07 Å². The van der Waals surface area contributed by atoms with Gasteiger partial charge in [0, 0.05) is 31.2 Å². The Morgan fingerprint density at radius 3 is 2.58 bits per heavy atom. The van der Waals surface area contributed by atoms with Crippen molar-refractivity contribution in [2.24, 2.45) is 0 Å². The van der Waals surface area contributed by atoms with Crippen LogP contribution in [0.4, 0.5) is 5.69 Å². The third-order valence-electron chi connectivity index (χ3n) is 4.05. The molecule has 1 saturated heterocycles. The number of hydrogen-bond donors (Lipinski definition) is 2. The molecule has 7 nitrogen and oxygen atoms in total. The third-order valence-corrected chi connectivity index (χ3v) is 4.05. The quantitative estimate of drug-likeness (QED) is 0.859. The summed E-state index contributed by atoms with van der Waals surface area (Å²) >= 11 is 0. The van der Waals surface area contributed by atoms with E-state index in [-0.39, 0.29) is 23.5 Å². The number of nitriles is 1. The van der Waals surface area contributed by atoms with Crippen LogP contribution in [0.5, 0.6) is 0 Å². The second kappa shape index (κ2) is 8.23. The van der Waals surface area contributed by atoms with Crippen LogP contribution in [0.3, 0.4) is 0 Å². The van der Waals surface area contributed by atoms with Crippen molar-refractivity contribution >= 4 is 17.5 Å². The van der Waals surface area contributed by atoms with E-state index >= 15 is 0 Å². The SMILES string of the molecule is N#Cc1ccc(NC(=O)c2cncc(C(=O)NCC3CCCO3)c2)cc1. The monoisotopic (exact) mass is 350 g/mol. The summed E-state index contributed by atoms with van der Waals surface area (Å²) in [7, 11) is 0. The molecule has 0 spiro atoms. The molecule has 1 aliphatic rings. The van der Waals surface area contributed by atoms with Gasteiger partial charge in [-0.2, -0.15) is 5.26 Å². The van der Waals surface area contributed by atoms with Gasteiger partial charge in [-0.3, -0.25) is 14.6 Å². The Kier molecular flexibility index (Phi) is 5.56. The zero-order chi connectivity index (χ0) is 18.4. The van der Waals surface area contributed by atoms with Gasteiger partial charge in [-0.05, 0) is 43.2 Å². The second-order valence-corrected chi connectivity index (χ2v) is 5.95. The number of hydrogen-bond acceptors (Lipinski definition) is 5. The first-order valence-corrected chi connectivity index (χ1v) is 8.32. The molecule has 1 aromatic heterocycles. The Bertz CT molecular complexity index is 837. The fraction of sp³-hybridized carbons (Fsp3) is 0.263. The van der Waals surface area contributed by atoms with Gasteiger partial charge in [0.05, 0.1) is 28.9 Å². The average Bonchev–Trinajstić information content (AvgIpc) is 3.20. The van der Waals surface area contributed by atoms with Crippen molar-refractivity contribution in [2.45, 2.75) is 18.9 Å². The lowest BCUT2D eigenvalue weighted by Crippen LogP contribution is -2.32. The minimum atomic E-state index is -0.379. The number of rotatable bonds is 5. The van der Waals surface area contributed by atoms with Gasteiger partial charge >= 0.3 is 0 Å². The maximum absolute atomic E-state index is 12.3. The molecule has 132 valence electrons. The summed E-state index contributed by atoms with van der Waals surface area (Å²) in [6, 6.07) is 10.0. The number of pyridine rings is 1. The van der Waals surface area contributed by atoms with Crippen LogP contribution in [0, 0.1) is 11.3 Å². The van der Waals surface area contributed by atoms with Gasteiger partial charge in [-0.1, -0.05) is 0 Å². The van der Waals surface area contributed by atoms with E-state index in [9.17, 15) is 9.59 Å². The van der Waals surface area contributed by atoms with Crippen LogP contribution in [0.2, 0.25) is 0 Å². The number of nitrogens with one attached hydrogen (secondary N) is 2. The summed E-state index contributed by atoms with van der Waals surface area (Å²) in [4.78, 5) is 28.6. The van der Waals surface area contributed by atoms with Crippen molar-refractivity contribution in [1.29, 1.82) is 5.26 Å². The first-order valence-electron chi connectivity index (χ1n) is 8.32. The summed E-state index contributed by atoms with van der Waals surface area (Å²) in [6.07, 6.45) is 4.81. The van der Waals surface area contributed by atoms with E-state index < -0.39 is 0 Å². The van der Waals surface area contributed by atoms with Gasteiger partial charge in [0.2, 0.25) is 0 Å². The number of carbonyl (C=O) groups excluding carboxylic acids is 2. The van der Waals surface area contributed by atoms with Crippen LogP contribution < -0.4 is 10.6 Å². The molecular weight excluding hydrogens is 332 g/mol. The molecule has 2 aromatic rings. The molecular formula is C19H18N4O3. The van der Waals surface area contributed by atoms with Crippen LogP contribution in [0.1, 0.15) is 39.1 Å². The molecule has 0 radical (unpaired) electrons. The lowest BCUT2D eigenvalue weighted by molar-refractivity contribution is 0.0857. The third kappa shape index (κ3) is 4.43. The number of anilines is 1. The molecule has 2 N–H and O–H groups in total. The molecule has 2 amide bonds. The first kappa shape index (κ1) is 17.6. The smallest absolute Gasteiger partial charge is 0.257 e. The predicted octanol–water partition coefficient (Wildman–Crippen LogP) is 2.11. The lowest BCUT2D eigenvalue weighted by atomic mass is 10.1. The summed E-state index contributed by atoms with van der Waals surface area (Å²) in [6.45, 7) is 1.17.